The van der Waals surface area contributed by atoms with Gasteiger partial charge >= 0.3 is 0 Å². The summed E-state index contributed by atoms with van der Waals surface area (Å²) in [7, 11) is -3.86. The fourth-order valence-corrected chi connectivity index (χ4v) is 5.88. The van der Waals surface area contributed by atoms with Crippen molar-refractivity contribution in [3.05, 3.63) is 78.1 Å². The Labute approximate surface area is 206 Å². The zero-order valence-electron chi connectivity index (χ0n) is 19.0. The number of hydrogen-bond acceptors (Lipinski definition) is 5. The minimum atomic E-state index is -3.86. The van der Waals surface area contributed by atoms with Crippen LogP contribution >= 0.6 is 0 Å². The van der Waals surface area contributed by atoms with Crippen molar-refractivity contribution in [3.8, 4) is 16.9 Å². The van der Waals surface area contributed by atoms with Gasteiger partial charge in [0.1, 0.15) is 29.8 Å². The molecule has 2 aliphatic heterocycles. The second-order valence-corrected chi connectivity index (χ2v) is 10.6. The number of amides is 1. The number of sulfonamides is 1. The maximum Gasteiger partial charge on any atom is 0.243 e. The first kappa shape index (κ1) is 24.3. The highest BCUT2D eigenvalue weighted by atomic mass is 32.2. The number of fused-ring (bicyclic) bond motifs is 2. The van der Waals surface area contributed by atoms with Gasteiger partial charge < -0.3 is 10.1 Å². The van der Waals surface area contributed by atoms with Gasteiger partial charge in [0.25, 0.3) is 0 Å². The number of carbonyl (C=O) groups excluding carboxylic acids is 1. The lowest BCUT2D eigenvalue weighted by Crippen LogP contribution is -2.57. The highest BCUT2D eigenvalue weighted by Gasteiger charge is 2.36. The Morgan fingerprint density at radius 1 is 0.917 bits per heavy atom. The summed E-state index contributed by atoms with van der Waals surface area (Å²) < 4.78 is 74.3. The molecule has 3 aromatic carbocycles. The van der Waals surface area contributed by atoms with Gasteiger partial charge in [0.05, 0.1) is 23.2 Å². The zero-order valence-corrected chi connectivity index (χ0v) is 19.8. The number of nitrogens with one attached hydrogen (secondary N) is 1. The molecule has 1 atom stereocenters. The summed E-state index contributed by atoms with van der Waals surface area (Å²) in [5.74, 6) is -1.95. The average Bonchev–Trinajstić information content (AvgIpc) is 2.90. The molecule has 0 unspecified atom stereocenters. The molecule has 3 aromatic rings. The van der Waals surface area contributed by atoms with Gasteiger partial charge in [-0.15, -0.1) is 0 Å². The Balaban J connectivity index is 1.39. The Morgan fingerprint density at radius 2 is 1.67 bits per heavy atom. The van der Waals surface area contributed by atoms with Gasteiger partial charge in [-0.05, 0) is 54.1 Å². The molecule has 0 aromatic heterocycles. The Kier molecular flexibility index (Phi) is 6.45. The molecule has 11 heteroatoms. The fourth-order valence-electron chi connectivity index (χ4n) is 4.41. The maximum atomic E-state index is 14.3. The van der Waals surface area contributed by atoms with Crippen molar-refractivity contribution in [2.45, 2.75) is 10.9 Å². The Morgan fingerprint density at radius 3 is 2.42 bits per heavy atom. The number of carbonyl (C=O) groups is 1. The van der Waals surface area contributed by atoms with Crippen LogP contribution in [0.2, 0.25) is 0 Å². The van der Waals surface area contributed by atoms with Crippen LogP contribution in [0.4, 0.5) is 18.9 Å². The topological polar surface area (TPSA) is 79.0 Å². The molecule has 2 heterocycles. The number of nitrogens with zero attached hydrogens (tertiary/aromatic N) is 2. The van der Waals surface area contributed by atoms with Crippen LogP contribution < -0.4 is 10.1 Å². The van der Waals surface area contributed by atoms with Gasteiger partial charge in [0.15, 0.2) is 0 Å². The third kappa shape index (κ3) is 4.81. The second kappa shape index (κ2) is 9.57. The Bertz CT molecular complexity index is 1420. The smallest absolute Gasteiger partial charge is 0.243 e. The average molecular weight is 518 g/mol. The van der Waals surface area contributed by atoms with Gasteiger partial charge in [-0.1, -0.05) is 6.07 Å². The molecule has 1 saturated heterocycles. The number of rotatable bonds is 3. The largest absolute Gasteiger partial charge is 0.490 e. The predicted molar refractivity (Wildman–Crippen MR) is 126 cm³/mol. The number of benzene rings is 3. The van der Waals surface area contributed by atoms with Crippen LogP contribution in [0.3, 0.4) is 0 Å². The summed E-state index contributed by atoms with van der Waals surface area (Å²) in [6.07, 6.45) is 0. The van der Waals surface area contributed by atoms with Crippen molar-refractivity contribution in [1.82, 2.24) is 9.21 Å². The molecule has 1 N–H and O–H groups in total. The van der Waals surface area contributed by atoms with Crippen LogP contribution in [-0.4, -0.2) is 62.4 Å². The molecule has 1 fully saturated rings. The van der Waals surface area contributed by atoms with Gasteiger partial charge in [-0.3, -0.25) is 9.69 Å². The van der Waals surface area contributed by atoms with E-state index in [4.69, 9.17) is 4.74 Å². The van der Waals surface area contributed by atoms with Gasteiger partial charge in [-0.25, -0.2) is 21.6 Å². The lowest BCUT2D eigenvalue weighted by molar-refractivity contribution is -0.118. The molecule has 0 bridgehead atoms. The summed E-state index contributed by atoms with van der Waals surface area (Å²) in [4.78, 5) is 14.6. The lowest BCUT2D eigenvalue weighted by atomic mass is 10.0. The molecule has 36 heavy (non-hydrogen) atoms. The van der Waals surface area contributed by atoms with E-state index in [9.17, 15) is 26.4 Å². The van der Waals surface area contributed by atoms with Crippen LogP contribution in [-0.2, 0) is 14.8 Å². The monoisotopic (exact) mass is 517 g/mol. The maximum absolute atomic E-state index is 14.3. The van der Waals surface area contributed by atoms with Crippen molar-refractivity contribution in [3.63, 3.8) is 0 Å². The summed E-state index contributed by atoms with van der Waals surface area (Å²) in [6, 6.07) is 12.2. The standard InChI is InChI=1S/C25H22F3N3O4S/c26-17-2-5-20(6-3-17)36(33,34)31-10-9-30-14-25(32)29-23-11-16(21-7-4-18(27)12-22(21)28)1-8-24(23)35-15-19(30)13-31/h1-8,11-12,19H,9-10,13-15H2,(H,29,32)/t19-/m1/s1. The van der Waals surface area contributed by atoms with E-state index in [1.165, 1.54) is 22.5 Å². The number of anilines is 1. The molecule has 0 saturated carbocycles. The summed E-state index contributed by atoms with van der Waals surface area (Å²) in [5, 5.41) is 2.78. The molecule has 0 aliphatic carbocycles. The van der Waals surface area contributed by atoms with Gasteiger partial charge in [0, 0.05) is 31.3 Å². The molecule has 188 valence electrons. The first-order valence-corrected chi connectivity index (χ1v) is 12.7. The van der Waals surface area contributed by atoms with Crippen molar-refractivity contribution >= 4 is 21.6 Å². The van der Waals surface area contributed by atoms with E-state index in [2.05, 4.69) is 5.32 Å². The quantitative estimate of drug-likeness (QED) is 0.576. The van der Waals surface area contributed by atoms with Gasteiger partial charge in [0.2, 0.25) is 15.9 Å². The zero-order chi connectivity index (χ0) is 25.4. The van der Waals surface area contributed by atoms with Crippen LogP contribution in [0.15, 0.2) is 65.6 Å². The van der Waals surface area contributed by atoms with E-state index < -0.39 is 33.5 Å². The van der Waals surface area contributed by atoms with Gasteiger partial charge in [-0.2, -0.15) is 4.31 Å². The van der Waals surface area contributed by atoms with E-state index in [0.717, 1.165) is 24.3 Å². The van der Waals surface area contributed by atoms with Crippen LogP contribution in [0.25, 0.3) is 11.1 Å². The predicted octanol–water partition coefficient (Wildman–Crippen LogP) is 3.48. The molecular formula is C25H22F3N3O4S. The second-order valence-electron chi connectivity index (χ2n) is 8.64. The molecule has 0 radical (unpaired) electrons. The normalized spacial score (nSPS) is 19.2. The van der Waals surface area contributed by atoms with E-state index in [1.807, 2.05) is 4.90 Å². The molecule has 5 rings (SSSR count). The van der Waals surface area contributed by atoms with Crippen molar-refractivity contribution in [2.24, 2.45) is 0 Å². The van der Waals surface area contributed by atoms with E-state index in [1.54, 1.807) is 18.2 Å². The number of ether oxygens (including phenoxy) is 1. The molecule has 1 amide bonds. The van der Waals surface area contributed by atoms with Crippen LogP contribution in [0.5, 0.6) is 5.75 Å². The number of hydrogen-bond donors (Lipinski definition) is 1. The van der Waals surface area contributed by atoms with Crippen molar-refractivity contribution < 1.29 is 31.1 Å². The highest BCUT2D eigenvalue weighted by molar-refractivity contribution is 7.89. The Hall–Kier alpha value is -3.41. The lowest BCUT2D eigenvalue weighted by Gasteiger charge is -2.39. The van der Waals surface area contributed by atoms with E-state index in [0.29, 0.717) is 23.5 Å². The first-order valence-electron chi connectivity index (χ1n) is 11.2. The van der Waals surface area contributed by atoms with E-state index in [-0.39, 0.29) is 42.6 Å². The molecular weight excluding hydrogens is 495 g/mol. The first-order chi connectivity index (χ1) is 17.2. The summed E-state index contributed by atoms with van der Waals surface area (Å²) >= 11 is 0. The number of piperazine rings is 1. The summed E-state index contributed by atoms with van der Waals surface area (Å²) in [6.45, 7) is 0.643. The van der Waals surface area contributed by atoms with Crippen LogP contribution in [0, 0.1) is 17.5 Å². The third-order valence-corrected chi connectivity index (χ3v) is 8.17. The summed E-state index contributed by atoms with van der Waals surface area (Å²) in [5.41, 5.74) is 0.938. The number of halogens is 3. The fraction of sp³-hybridized carbons (Fsp3) is 0.240. The minimum absolute atomic E-state index is 0.00698. The molecule has 2 aliphatic rings. The van der Waals surface area contributed by atoms with Crippen molar-refractivity contribution in [1.29, 1.82) is 0 Å². The van der Waals surface area contributed by atoms with E-state index >= 15 is 0 Å². The molecule has 0 spiro atoms. The SMILES string of the molecule is O=C1CN2CCN(S(=O)(=O)c3ccc(F)cc3)C[C@@H]2COc2ccc(-c3ccc(F)cc3F)cc2N1. The minimum Gasteiger partial charge on any atom is -0.490 e. The third-order valence-electron chi connectivity index (χ3n) is 6.29. The van der Waals surface area contributed by atoms with Crippen molar-refractivity contribution in [2.75, 3.05) is 38.1 Å². The highest BCUT2D eigenvalue weighted by Crippen LogP contribution is 2.33. The molecule has 7 nitrogen and oxygen atoms in total. The van der Waals surface area contributed by atoms with Crippen LogP contribution in [0.1, 0.15) is 0 Å².